The first kappa shape index (κ1) is 21.6. The van der Waals surface area contributed by atoms with Crippen LogP contribution in [0.3, 0.4) is 0 Å². The molecule has 0 heterocycles. The average molecular weight is 427 g/mol. The van der Waals surface area contributed by atoms with Gasteiger partial charge in [0, 0.05) is 0 Å². The van der Waals surface area contributed by atoms with Crippen LogP contribution in [-0.4, -0.2) is 43.4 Å². The maximum absolute atomic E-state index is 12.1. The third kappa shape index (κ3) is 3.84. The number of aliphatic hydroxyl groups is 1. The van der Waals surface area contributed by atoms with Crippen LogP contribution in [0.1, 0.15) is 0 Å². The molecule has 30 heavy (non-hydrogen) atoms. The summed E-state index contributed by atoms with van der Waals surface area (Å²) in [6.07, 6.45) is 0. The van der Waals surface area contributed by atoms with Gasteiger partial charge >= 0.3 is 5.97 Å². The number of ether oxygens (including phenoxy) is 3. The zero-order valence-corrected chi connectivity index (χ0v) is 17.9. The van der Waals surface area contributed by atoms with Crippen molar-refractivity contribution >= 4 is 29.1 Å². The lowest BCUT2D eigenvalue weighted by Gasteiger charge is -2.29. The highest BCUT2D eigenvalue weighted by molar-refractivity contribution is 7.96. The minimum absolute atomic E-state index is 0.645. The predicted octanol–water partition coefficient (Wildman–Crippen LogP) is 2.41. The molecular formula is C23H24O6P+. The molecule has 0 fully saturated rings. The van der Waals surface area contributed by atoms with Gasteiger partial charge in [-0.25, -0.2) is 4.79 Å². The van der Waals surface area contributed by atoms with Gasteiger partial charge in [0.05, 0.1) is 21.3 Å². The van der Waals surface area contributed by atoms with Gasteiger partial charge in [-0.3, -0.25) is 0 Å². The van der Waals surface area contributed by atoms with Crippen molar-refractivity contribution < 1.29 is 29.2 Å². The highest BCUT2D eigenvalue weighted by Crippen LogP contribution is 2.59. The zero-order valence-electron chi connectivity index (χ0n) is 17.0. The monoisotopic (exact) mass is 427 g/mol. The predicted molar refractivity (Wildman–Crippen MR) is 118 cm³/mol. The van der Waals surface area contributed by atoms with Crippen LogP contribution in [0, 0.1) is 0 Å². The molecule has 156 valence electrons. The summed E-state index contributed by atoms with van der Waals surface area (Å²) in [5, 5.41) is 23.2. The second kappa shape index (κ2) is 9.16. The molecule has 7 heteroatoms. The molecule has 0 saturated carbocycles. The lowest BCUT2D eigenvalue weighted by atomic mass is 10.3. The normalized spacial score (nSPS) is 12.1. The molecule has 3 aromatic rings. The van der Waals surface area contributed by atoms with Crippen molar-refractivity contribution in [3.05, 3.63) is 72.8 Å². The number of benzene rings is 3. The highest BCUT2D eigenvalue weighted by atomic mass is 31.2. The Balaban J connectivity index is 2.34. The Morgan fingerprint density at radius 3 is 1.13 bits per heavy atom. The molecule has 1 atom stereocenters. The van der Waals surface area contributed by atoms with Crippen molar-refractivity contribution in [2.24, 2.45) is 0 Å². The first-order valence-corrected chi connectivity index (χ1v) is 11.1. The molecule has 3 rings (SSSR count). The van der Waals surface area contributed by atoms with Crippen molar-refractivity contribution in [3.63, 3.8) is 0 Å². The lowest BCUT2D eigenvalue weighted by Crippen LogP contribution is -2.42. The summed E-state index contributed by atoms with van der Waals surface area (Å²) in [5.74, 6) is -0.998. The molecule has 3 aromatic carbocycles. The van der Waals surface area contributed by atoms with Gasteiger partial charge in [0.15, 0.2) is 7.26 Å². The number of methoxy groups -OCH3 is 3. The van der Waals surface area contributed by atoms with Crippen molar-refractivity contribution in [3.8, 4) is 17.2 Å². The fraction of sp³-hybridized carbons (Fsp3) is 0.174. The van der Waals surface area contributed by atoms with Crippen molar-refractivity contribution in [1.29, 1.82) is 0 Å². The Morgan fingerprint density at radius 2 is 0.933 bits per heavy atom. The SMILES string of the molecule is COc1ccc([P+](c2ccc(OC)cc2)(c2ccc(OC)cc2)C(O)C(=O)O)cc1. The van der Waals surface area contributed by atoms with Gasteiger partial charge in [-0.15, -0.1) is 0 Å². The van der Waals surface area contributed by atoms with Gasteiger partial charge in [-0.05, 0) is 72.8 Å². The van der Waals surface area contributed by atoms with E-state index >= 15 is 0 Å². The molecule has 0 radical (unpaired) electrons. The second-order valence-corrected chi connectivity index (χ2v) is 10.0. The number of hydrogen-bond acceptors (Lipinski definition) is 5. The number of rotatable bonds is 8. The standard InChI is InChI=1S/C23H23O6P/c1-27-16-4-10-19(11-5-16)30(23(26)22(24)25,20-12-6-17(28-2)7-13-20)21-14-8-18(29-3)9-15-21/h4-15,23,26H,1-3H3/p+1. The number of carbonyl (C=O) groups is 1. The molecule has 0 aliphatic rings. The van der Waals surface area contributed by atoms with Gasteiger partial charge in [0.2, 0.25) is 0 Å². The first-order valence-electron chi connectivity index (χ1n) is 9.20. The third-order valence-electron chi connectivity index (χ3n) is 5.03. The van der Waals surface area contributed by atoms with Crippen LogP contribution in [0.5, 0.6) is 17.2 Å². The Hall–Kier alpha value is -3.08. The number of carboxylic acid groups (broad SMARTS) is 1. The number of carboxylic acids is 1. The summed E-state index contributed by atoms with van der Waals surface area (Å²) in [6, 6.07) is 21.5. The average Bonchev–Trinajstić information content (AvgIpc) is 2.80. The zero-order chi connectivity index (χ0) is 21.7. The highest BCUT2D eigenvalue weighted by Gasteiger charge is 2.56. The van der Waals surface area contributed by atoms with Gasteiger partial charge in [0.1, 0.15) is 33.2 Å². The molecule has 0 amide bonds. The topological polar surface area (TPSA) is 85.2 Å². The fourth-order valence-electron chi connectivity index (χ4n) is 3.49. The fourth-order valence-corrected chi connectivity index (χ4v) is 7.42. The Kier molecular flexibility index (Phi) is 6.60. The summed E-state index contributed by atoms with van der Waals surface area (Å²) in [7, 11) is 1.70. The second-order valence-electron chi connectivity index (χ2n) is 6.53. The summed E-state index contributed by atoms with van der Waals surface area (Å²) in [4.78, 5) is 12.1. The van der Waals surface area contributed by atoms with Gasteiger partial charge < -0.3 is 24.4 Å². The van der Waals surface area contributed by atoms with E-state index in [0.717, 1.165) is 0 Å². The number of aliphatic carboxylic acids is 1. The van der Waals surface area contributed by atoms with Crippen LogP contribution in [0.15, 0.2) is 72.8 Å². The molecule has 0 bridgehead atoms. The van der Waals surface area contributed by atoms with Crippen LogP contribution in [-0.2, 0) is 4.79 Å². The summed E-state index contributed by atoms with van der Waals surface area (Å²) in [5.41, 5.74) is 0. The van der Waals surface area contributed by atoms with Gasteiger partial charge in [0.25, 0.3) is 5.85 Å². The third-order valence-corrected chi connectivity index (χ3v) is 9.32. The lowest BCUT2D eigenvalue weighted by molar-refractivity contribution is -0.142. The maximum Gasteiger partial charge on any atom is 0.373 e. The smallest absolute Gasteiger partial charge is 0.373 e. The van der Waals surface area contributed by atoms with Crippen LogP contribution in [0.25, 0.3) is 0 Å². The largest absolute Gasteiger partial charge is 0.497 e. The molecule has 0 saturated heterocycles. The minimum atomic E-state index is -3.00. The van der Waals surface area contributed by atoms with Crippen LogP contribution in [0.2, 0.25) is 0 Å². The van der Waals surface area contributed by atoms with E-state index in [1.807, 2.05) is 36.4 Å². The van der Waals surface area contributed by atoms with Crippen LogP contribution in [0.4, 0.5) is 0 Å². The molecule has 6 nitrogen and oxygen atoms in total. The summed E-state index contributed by atoms with van der Waals surface area (Å²) in [6.45, 7) is 0. The van der Waals surface area contributed by atoms with E-state index in [1.165, 1.54) is 0 Å². The molecule has 0 aliphatic heterocycles. The van der Waals surface area contributed by atoms with E-state index < -0.39 is 19.1 Å². The van der Waals surface area contributed by atoms with Gasteiger partial charge in [-0.2, -0.15) is 0 Å². The van der Waals surface area contributed by atoms with E-state index in [2.05, 4.69) is 0 Å². The van der Waals surface area contributed by atoms with E-state index in [9.17, 15) is 15.0 Å². The van der Waals surface area contributed by atoms with Crippen molar-refractivity contribution in [2.45, 2.75) is 5.85 Å². The Bertz CT molecular complexity index is 868. The summed E-state index contributed by atoms with van der Waals surface area (Å²) < 4.78 is 15.8. The van der Waals surface area contributed by atoms with Crippen molar-refractivity contribution in [1.82, 2.24) is 0 Å². The van der Waals surface area contributed by atoms with E-state index in [-0.39, 0.29) is 0 Å². The van der Waals surface area contributed by atoms with E-state index in [4.69, 9.17) is 14.2 Å². The molecule has 0 aromatic heterocycles. The van der Waals surface area contributed by atoms with Crippen molar-refractivity contribution in [2.75, 3.05) is 21.3 Å². The molecule has 0 aliphatic carbocycles. The summed E-state index contributed by atoms with van der Waals surface area (Å²) >= 11 is 0. The minimum Gasteiger partial charge on any atom is -0.497 e. The van der Waals surface area contributed by atoms with E-state index in [0.29, 0.717) is 33.2 Å². The Morgan fingerprint density at radius 1 is 0.667 bits per heavy atom. The van der Waals surface area contributed by atoms with Crippen LogP contribution >= 0.6 is 7.26 Å². The Labute approximate surface area is 176 Å². The number of aliphatic hydroxyl groups excluding tert-OH is 1. The molecular weight excluding hydrogens is 403 g/mol. The maximum atomic E-state index is 12.1. The first-order chi connectivity index (χ1) is 14.5. The van der Waals surface area contributed by atoms with Gasteiger partial charge in [-0.1, -0.05) is 0 Å². The molecule has 1 unspecified atom stereocenters. The number of hydrogen-bond donors (Lipinski definition) is 2. The van der Waals surface area contributed by atoms with E-state index in [1.54, 1.807) is 57.7 Å². The molecule has 0 spiro atoms. The quantitative estimate of drug-likeness (QED) is 0.537. The molecule has 2 N–H and O–H groups in total. The van der Waals surface area contributed by atoms with Crippen LogP contribution < -0.4 is 30.1 Å².